The van der Waals surface area contributed by atoms with Crippen LogP contribution in [0.5, 0.6) is 5.88 Å². The molecule has 2 heterocycles. The van der Waals surface area contributed by atoms with Gasteiger partial charge in [-0.3, -0.25) is 0 Å². The second kappa shape index (κ2) is 5.60. The van der Waals surface area contributed by atoms with Gasteiger partial charge in [0.15, 0.2) is 5.65 Å². The molecular weight excluding hydrogens is 222 g/mol. The number of fused-ring (bicyclic) bond motifs is 1. The number of hydrogen-bond donors (Lipinski definition) is 1. The predicted molar refractivity (Wildman–Crippen MR) is 62.0 cm³/mol. The van der Waals surface area contributed by atoms with Crippen molar-refractivity contribution in [1.82, 2.24) is 15.0 Å². The number of nitrogens with one attached hydrogen (secondary N) is 1. The van der Waals surface area contributed by atoms with Gasteiger partial charge >= 0.3 is 0 Å². The normalized spacial score (nSPS) is 10.9. The molecule has 17 heavy (non-hydrogen) atoms. The van der Waals surface area contributed by atoms with E-state index in [1.54, 1.807) is 20.3 Å². The molecule has 6 nitrogen and oxygen atoms in total. The minimum atomic E-state index is 0.419. The van der Waals surface area contributed by atoms with E-state index in [2.05, 4.69) is 15.0 Å². The van der Waals surface area contributed by atoms with Crippen molar-refractivity contribution in [3.05, 3.63) is 18.0 Å². The predicted octanol–water partition coefficient (Wildman–Crippen LogP) is 1.13. The van der Waals surface area contributed by atoms with E-state index in [-0.39, 0.29) is 0 Å². The standard InChI is InChI=1S/C11H15N3O3/c1-15-5-6-17-7-9-12-8-3-4-10(16-2)14-11(8)13-9/h3-4H,5-7H2,1-2H3,(H,12,13,14). The molecule has 0 aliphatic carbocycles. The number of nitrogens with zero attached hydrogens (tertiary/aromatic N) is 2. The summed E-state index contributed by atoms with van der Waals surface area (Å²) in [5.74, 6) is 1.30. The number of pyridine rings is 1. The minimum Gasteiger partial charge on any atom is -0.481 e. The summed E-state index contributed by atoms with van der Waals surface area (Å²) in [5, 5.41) is 0. The van der Waals surface area contributed by atoms with Crippen molar-refractivity contribution in [2.24, 2.45) is 0 Å². The maximum absolute atomic E-state index is 5.37. The minimum absolute atomic E-state index is 0.419. The fourth-order valence-electron chi connectivity index (χ4n) is 1.42. The molecule has 0 spiro atoms. The quantitative estimate of drug-likeness (QED) is 0.763. The van der Waals surface area contributed by atoms with E-state index in [9.17, 15) is 0 Å². The third-order valence-corrected chi connectivity index (χ3v) is 2.25. The van der Waals surface area contributed by atoms with Crippen molar-refractivity contribution >= 4 is 11.2 Å². The van der Waals surface area contributed by atoms with Crippen LogP contribution in [0.4, 0.5) is 0 Å². The number of aromatic amines is 1. The molecule has 1 N–H and O–H groups in total. The van der Waals surface area contributed by atoms with Gasteiger partial charge in [0.05, 0.1) is 25.8 Å². The molecule has 0 atom stereocenters. The van der Waals surface area contributed by atoms with Crippen LogP contribution >= 0.6 is 0 Å². The van der Waals surface area contributed by atoms with E-state index in [4.69, 9.17) is 14.2 Å². The van der Waals surface area contributed by atoms with Crippen molar-refractivity contribution in [3.63, 3.8) is 0 Å². The first-order valence-electron chi connectivity index (χ1n) is 5.30. The van der Waals surface area contributed by atoms with Crippen LogP contribution < -0.4 is 4.74 Å². The summed E-state index contributed by atoms with van der Waals surface area (Å²) in [6.07, 6.45) is 0. The zero-order valence-electron chi connectivity index (χ0n) is 9.90. The highest BCUT2D eigenvalue weighted by molar-refractivity contribution is 5.71. The highest BCUT2D eigenvalue weighted by Crippen LogP contribution is 2.14. The molecule has 0 aliphatic heterocycles. The second-order valence-electron chi connectivity index (χ2n) is 3.45. The van der Waals surface area contributed by atoms with Crippen LogP contribution in [0.2, 0.25) is 0 Å². The third kappa shape index (κ3) is 2.92. The van der Waals surface area contributed by atoms with Crippen molar-refractivity contribution in [1.29, 1.82) is 0 Å². The summed E-state index contributed by atoms with van der Waals surface area (Å²) in [7, 11) is 3.22. The van der Waals surface area contributed by atoms with E-state index in [1.165, 1.54) is 0 Å². The van der Waals surface area contributed by atoms with Crippen molar-refractivity contribution in [3.8, 4) is 5.88 Å². The molecule has 2 aromatic rings. The second-order valence-corrected chi connectivity index (χ2v) is 3.45. The van der Waals surface area contributed by atoms with E-state index in [0.29, 0.717) is 31.3 Å². The first kappa shape index (κ1) is 11.8. The Labute approximate surface area is 98.9 Å². The van der Waals surface area contributed by atoms with Crippen LogP contribution in [0, 0.1) is 0 Å². The molecule has 0 aliphatic rings. The van der Waals surface area contributed by atoms with Gasteiger partial charge in [-0.2, -0.15) is 4.98 Å². The molecule has 0 saturated carbocycles. The Morgan fingerprint density at radius 3 is 2.82 bits per heavy atom. The van der Waals surface area contributed by atoms with Gasteiger partial charge in [0.25, 0.3) is 0 Å². The number of methoxy groups -OCH3 is 2. The van der Waals surface area contributed by atoms with Crippen LogP contribution in [-0.2, 0) is 16.1 Å². The SMILES string of the molecule is COCCOCc1nc2nc(OC)ccc2[nH]1. The summed E-state index contributed by atoms with van der Waals surface area (Å²) in [5.41, 5.74) is 1.51. The zero-order chi connectivity index (χ0) is 12.1. The molecule has 6 heteroatoms. The number of hydrogen-bond acceptors (Lipinski definition) is 5. The Morgan fingerprint density at radius 2 is 2.06 bits per heavy atom. The van der Waals surface area contributed by atoms with Gasteiger partial charge in [0.1, 0.15) is 12.4 Å². The van der Waals surface area contributed by atoms with Crippen LogP contribution in [0.1, 0.15) is 5.82 Å². The lowest BCUT2D eigenvalue weighted by atomic mass is 10.4. The number of rotatable bonds is 6. The van der Waals surface area contributed by atoms with E-state index in [1.807, 2.05) is 6.07 Å². The summed E-state index contributed by atoms with van der Waals surface area (Å²) >= 11 is 0. The lowest BCUT2D eigenvalue weighted by Gasteiger charge is -1.99. The van der Waals surface area contributed by atoms with Crippen LogP contribution in [0.15, 0.2) is 12.1 Å². The highest BCUT2D eigenvalue weighted by atomic mass is 16.5. The number of H-pyrrole nitrogens is 1. The number of imidazole rings is 1. The maximum atomic E-state index is 5.37. The van der Waals surface area contributed by atoms with Gasteiger partial charge in [-0.25, -0.2) is 4.98 Å². The number of ether oxygens (including phenoxy) is 3. The Kier molecular flexibility index (Phi) is 3.89. The van der Waals surface area contributed by atoms with Gasteiger partial charge < -0.3 is 19.2 Å². The van der Waals surface area contributed by atoms with Crippen LogP contribution in [0.3, 0.4) is 0 Å². The zero-order valence-corrected chi connectivity index (χ0v) is 9.90. The summed E-state index contributed by atoms with van der Waals surface area (Å²) in [4.78, 5) is 11.6. The van der Waals surface area contributed by atoms with Crippen molar-refractivity contribution in [2.75, 3.05) is 27.4 Å². The van der Waals surface area contributed by atoms with Gasteiger partial charge in [-0.15, -0.1) is 0 Å². The molecule has 0 bridgehead atoms. The Balaban J connectivity index is 2.04. The molecule has 2 rings (SSSR count). The van der Waals surface area contributed by atoms with Crippen LogP contribution in [0.25, 0.3) is 11.2 Å². The van der Waals surface area contributed by atoms with Gasteiger partial charge in [-0.1, -0.05) is 0 Å². The fraction of sp³-hybridized carbons (Fsp3) is 0.455. The largest absolute Gasteiger partial charge is 0.481 e. The molecule has 0 aromatic carbocycles. The smallest absolute Gasteiger partial charge is 0.215 e. The highest BCUT2D eigenvalue weighted by Gasteiger charge is 2.05. The summed E-state index contributed by atoms with van der Waals surface area (Å²) in [6, 6.07) is 3.67. The molecule has 92 valence electrons. The Bertz CT molecular complexity index is 484. The van der Waals surface area contributed by atoms with Gasteiger partial charge in [0, 0.05) is 13.2 Å². The topological polar surface area (TPSA) is 69.3 Å². The molecule has 0 fully saturated rings. The maximum Gasteiger partial charge on any atom is 0.215 e. The van der Waals surface area contributed by atoms with E-state index >= 15 is 0 Å². The first-order chi connectivity index (χ1) is 8.33. The lowest BCUT2D eigenvalue weighted by molar-refractivity contribution is 0.0590. The van der Waals surface area contributed by atoms with Gasteiger partial charge in [-0.05, 0) is 6.07 Å². The molecule has 0 saturated heterocycles. The summed E-state index contributed by atoms with van der Waals surface area (Å²) in [6.45, 7) is 1.54. The van der Waals surface area contributed by atoms with Gasteiger partial charge in [0.2, 0.25) is 5.88 Å². The van der Waals surface area contributed by atoms with Crippen molar-refractivity contribution in [2.45, 2.75) is 6.61 Å². The fourth-order valence-corrected chi connectivity index (χ4v) is 1.42. The monoisotopic (exact) mass is 237 g/mol. The lowest BCUT2D eigenvalue weighted by Crippen LogP contribution is -2.02. The molecule has 0 unspecified atom stereocenters. The van der Waals surface area contributed by atoms with Crippen molar-refractivity contribution < 1.29 is 14.2 Å². The Morgan fingerprint density at radius 1 is 1.18 bits per heavy atom. The van der Waals surface area contributed by atoms with E-state index in [0.717, 1.165) is 11.3 Å². The number of aromatic nitrogens is 3. The molecule has 0 radical (unpaired) electrons. The average Bonchev–Trinajstić information content (AvgIpc) is 2.76. The summed E-state index contributed by atoms with van der Waals surface area (Å²) < 4.78 is 15.3. The third-order valence-electron chi connectivity index (χ3n) is 2.25. The van der Waals surface area contributed by atoms with Crippen LogP contribution in [-0.4, -0.2) is 42.4 Å². The molecular formula is C11H15N3O3. The molecule has 2 aromatic heterocycles. The van der Waals surface area contributed by atoms with E-state index < -0.39 is 0 Å². The average molecular weight is 237 g/mol. The molecule has 0 amide bonds. The first-order valence-corrected chi connectivity index (χ1v) is 5.30. The Hall–Kier alpha value is -1.66.